The average molecular weight is 797 g/mol. The Morgan fingerprint density at radius 2 is 0.903 bits per heavy atom. The maximum Gasteiger partial charge on any atom is 0.151 e. The quantitative estimate of drug-likeness (QED) is 0.177. The first kappa shape index (κ1) is 35.0. The van der Waals surface area contributed by atoms with E-state index in [1.165, 1.54) is 76.4 Å². The van der Waals surface area contributed by atoms with Crippen LogP contribution in [0, 0.1) is 0 Å². The maximum absolute atomic E-state index is 6.67. The molecular weight excluding hydrogens is 757 g/mol. The molecule has 0 saturated carbocycles. The van der Waals surface area contributed by atoms with Crippen LogP contribution in [0.15, 0.2) is 200 Å². The van der Waals surface area contributed by atoms with Gasteiger partial charge in [-0.15, -0.1) is 0 Å². The van der Waals surface area contributed by atoms with E-state index in [0.29, 0.717) is 0 Å². The molecule has 0 fully saturated rings. The third-order valence-corrected chi connectivity index (χ3v) is 13.1. The highest BCUT2D eigenvalue weighted by molar-refractivity contribution is 6.18. The van der Waals surface area contributed by atoms with Gasteiger partial charge in [0.25, 0.3) is 0 Å². The zero-order valence-electron chi connectivity index (χ0n) is 34.0. The van der Waals surface area contributed by atoms with Gasteiger partial charge in [0, 0.05) is 16.3 Å². The molecule has 9 aromatic rings. The molecule has 4 nitrogen and oxygen atoms in total. The van der Waals surface area contributed by atoms with Crippen molar-refractivity contribution < 1.29 is 9.47 Å². The molecule has 294 valence electrons. The molecule has 0 radical (unpaired) electrons. The van der Waals surface area contributed by atoms with E-state index in [-0.39, 0.29) is 0 Å². The summed E-state index contributed by atoms with van der Waals surface area (Å²) in [5.74, 6) is 3.49. The standard InChI is InChI=1S/C58H40N2O2/c1-3-21-39-37(17-1)19-13-23-41(39)55-43-25-15-32-50(60-47-29-7-11-35-53(47)62-54-36-12-8-30-48(54)60)58(43)56(42-24-14-20-38-18-2-4-22-40(38)42)44-26-16-31-49(57(44)55)59-45-27-5-9-33-51(45)61-52-34-10-6-28-46(52)59/h1-7,9-15,17-29,32-36H,8,16,30-31H2. The molecule has 9 aromatic carbocycles. The number of anilines is 4. The van der Waals surface area contributed by atoms with Crippen molar-refractivity contribution in [2.24, 2.45) is 0 Å². The second-order valence-corrected chi connectivity index (χ2v) is 16.5. The summed E-state index contributed by atoms with van der Waals surface area (Å²) in [6.07, 6.45) is 10.5. The molecule has 0 amide bonds. The van der Waals surface area contributed by atoms with E-state index >= 15 is 0 Å². The number of ether oxygens (including phenoxy) is 2. The second kappa shape index (κ2) is 13.9. The molecular formula is C58H40N2O2. The summed E-state index contributed by atoms with van der Waals surface area (Å²) in [5.41, 5.74) is 11.7. The number of fused-ring (bicyclic) bond motifs is 7. The molecule has 2 aliphatic carbocycles. The highest BCUT2D eigenvalue weighted by Crippen LogP contribution is 2.52. The van der Waals surface area contributed by atoms with Gasteiger partial charge in [0.1, 0.15) is 5.76 Å². The summed E-state index contributed by atoms with van der Waals surface area (Å²) < 4.78 is 13.3. The van der Waals surface area contributed by atoms with Crippen LogP contribution in [0.4, 0.5) is 22.7 Å². The van der Waals surface area contributed by atoms with E-state index in [9.17, 15) is 0 Å². The number of benzene rings is 9. The lowest BCUT2D eigenvalue weighted by Gasteiger charge is -2.37. The molecule has 0 aromatic heterocycles. The highest BCUT2D eigenvalue weighted by atomic mass is 16.5. The lowest BCUT2D eigenvalue weighted by atomic mass is 9.82. The summed E-state index contributed by atoms with van der Waals surface area (Å²) in [6.45, 7) is 0. The van der Waals surface area contributed by atoms with Gasteiger partial charge in [-0.1, -0.05) is 146 Å². The normalized spacial score (nSPS) is 15.0. The lowest BCUT2D eigenvalue weighted by Crippen LogP contribution is -2.39. The molecule has 0 N–H and O–H groups in total. The van der Waals surface area contributed by atoms with Gasteiger partial charge >= 0.3 is 0 Å². The van der Waals surface area contributed by atoms with Crippen molar-refractivity contribution in [1.82, 2.24) is 0 Å². The fraction of sp³-hybridized carbons (Fsp3) is 0.0690. The molecule has 0 atom stereocenters. The van der Waals surface area contributed by atoms with Crippen molar-refractivity contribution in [3.63, 3.8) is 0 Å². The first-order valence-corrected chi connectivity index (χ1v) is 21.7. The summed E-state index contributed by atoms with van der Waals surface area (Å²) in [4.78, 5) is 5.01. The molecule has 0 spiro atoms. The number of hydrogen-bond acceptors (Lipinski definition) is 4. The molecule has 62 heavy (non-hydrogen) atoms. The number of allylic oxidation sites excluding steroid dienone is 3. The number of rotatable bonds is 4. The van der Waals surface area contributed by atoms with E-state index < -0.39 is 0 Å². The van der Waals surface area contributed by atoms with E-state index in [0.717, 1.165) is 71.4 Å². The Bertz CT molecular complexity index is 3510. The molecule has 4 heteroatoms. The van der Waals surface area contributed by atoms with Crippen molar-refractivity contribution in [1.29, 1.82) is 0 Å². The zero-order valence-corrected chi connectivity index (χ0v) is 34.0. The smallest absolute Gasteiger partial charge is 0.151 e. The number of para-hydroxylation sites is 6. The summed E-state index contributed by atoms with van der Waals surface area (Å²) in [7, 11) is 0. The Balaban J connectivity index is 1.28. The topological polar surface area (TPSA) is 24.9 Å². The molecule has 0 bridgehead atoms. The van der Waals surface area contributed by atoms with Crippen LogP contribution >= 0.6 is 0 Å². The first-order valence-electron chi connectivity index (χ1n) is 21.7. The van der Waals surface area contributed by atoms with Crippen LogP contribution in [0.25, 0.3) is 66.3 Å². The third-order valence-electron chi connectivity index (χ3n) is 13.1. The van der Waals surface area contributed by atoms with Gasteiger partial charge in [0.15, 0.2) is 17.2 Å². The number of hydrogen-bond donors (Lipinski definition) is 0. The molecule has 4 aliphatic rings. The maximum atomic E-state index is 6.67. The van der Waals surface area contributed by atoms with Gasteiger partial charge in [0.2, 0.25) is 0 Å². The Hall–Kier alpha value is -7.82. The number of nitrogens with zero attached hydrogens (tertiary/aromatic N) is 2. The fourth-order valence-electron chi connectivity index (χ4n) is 10.6. The first-order chi connectivity index (χ1) is 30.8. The van der Waals surface area contributed by atoms with Crippen molar-refractivity contribution >= 4 is 66.8 Å². The van der Waals surface area contributed by atoms with E-state index in [2.05, 4.69) is 204 Å². The van der Waals surface area contributed by atoms with E-state index in [1.54, 1.807) is 0 Å². The largest absolute Gasteiger partial charge is 0.453 e. The van der Waals surface area contributed by atoms with Crippen molar-refractivity contribution in [2.75, 3.05) is 9.80 Å². The Labute approximate surface area is 359 Å². The van der Waals surface area contributed by atoms with Crippen LogP contribution in [0.5, 0.6) is 17.2 Å². The molecule has 2 heterocycles. The third kappa shape index (κ3) is 5.20. The van der Waals surface area contributed by atoms with Crippen LogP contribution in [0.1, 0.15) is 25.7 Å². The lowest BCUT2D eigenvalue weighted by molar-refractivity contribution is 0.421. The van der Waals surface area contributed by atoms with Gasteiger partial charge < -0.3 is 19.3 Å². The Kier molecular flexibility index (Phi) is 7.83. The van der Waals surface area contributed by atoms with E-state index in [4.69, 9.17) is 9.47 Å². The minimum absolute atomic E-state index is 0.854. The second-order valence-electron chi connectivity index (χ2n) is 16.5. The fourth-order valence-corrected chi connectivity index (χ4v) is 10.6. The van der Waals surface area contributed by atoms with Crippen LogP contribution in [-0.2, 0) is 0 Å². The van der Waals surface area contributed by atoms with Crippen LogP contribution in [-0.4, -0.2) is 0 Å². The van der Waals surface area contributed by atoms with Gasteiger partial charge in [-0.05, 0) is 129 Å². The van der Waals surface area contributed by atoms with Gasteiger partial charge in [-0.3, -0.25) is 0 Å². The minimum atomic E-state index is 0.854. The van der Waals surface area contributed by atoms with Crippen LogP contribution in [0.2, 0.25) is 0 Å². The van der Waals surface area contributed by atoms with Crippen LogP contribution < -0.4 is 29.7 Å². The Morgan fingerprint density at radius 3 is 1.58 bits per heavy atom. The van der Waals surface area contributed by atoms with Crippen molar-refractivity contribution in [2.45, 2.75) is 25.7 Å². The van der Waals surface area contributed by atoms with Crippen molar-refractivity contribution in [3.05, 3.63) is 210 Å². The van der Waals surface area contributed by atoms with Gasteiger partial charge in [-0.25, -0.2) is 0 Å². The SMILES string of the molecule is C1=CC2=C(CC1)N(c1cccc3c(-c4cccc5ccccc45)c4c(c(-c5cccc6ccccc56)c13)=CCCC=4N1c3ccccc3Oc3ccccc31)c1ccccc1O2. The monoisotopic (exact) mass is 796 g/mol. The summed E-state index contributed by atoms with van der Waals surface area (Å²) in [6, 6.07) is 63.8. The molecule has 0 saturated heterocycles. The zero-order chi connectivity index (χ0) is 40.7. The van der Waals surface area contributed by atoms with Crippen molar-refractivity contribution in [3.8, 4) is 39.5 Å². The minimum Gasteiger partial charge on any atom is -0.453 e. The average Bonchev–Trinajstić information content (AvgIpc) is 3.33. The predicted molar refractivity (Wildman–Crippen MR) is 256 cm³/mol. The summed E-state index contributed by atoms with van der Waals surface area (Å²) >= 11 is 0. The molecule has 0 unspecified atom stereocenters. The highest BCUT2D eigenvalue weighted by Gasteiger charge is 2.34. The summed E-state index contributed by atoms with van der Waals surface area (Å²) in [5, 5.41) is 9.85. The molecule has 2 aliphatic heterocycles. The van der Waals surface area contributed by atoms with Crippen LogP contribution in [0.3, 0.4) is 0 Å². The Morgan fingerprint density at radius 1 is 0.403 bits per heavy atom. The molecule has 13 rings (SSSR count). The van der Waals surface area contributed by atoms with E-state index in [1.807, 2.05) is 0 Å². The predicted octanol–water partition coefficient (Wildman–Crippen LogP) is 14.2. The van der Waals surface area contributed by atoms with Gasteiger partial charge in [0.05, 0.1) is 28.4 Å². The van der Waals surface area contributed by atoms with Gasteiger partial charge in [-0.2, -0.15) is 0 Å².